The number of aromatic nitrogens is 1. The van der Waals surface area contributed by atoms with E-state index in [4.69, 9.17) is 19.2 Å². The summed E-state index contributed by atoms with van der Waals surface area (Å²) in [6.45, 7) is 6.20. The van der Waals surface area contributed by atoms with Gasteiger partial charge in [-0.15, -0.1) is 0 Å². The van der Waals surface area contributed by atoms with Crippen LogP contribution in [0, 0.1) is 17.8 Å². The number of alkyl halides is 3. The van der Waals surface area contributed by atoms with E-state index in [2.05, 4.69) is 20.1 Å². The van der Waals surface area contributed by atoms with E-state index in [1.54, 1.807) is 32.2 Å². The van der Waals surface area contributed by atoms with Gasteiger partial charge >= 0.3 is 12.3 Å². The van der Waals surface area contributed by atoms with Crippen molar-refractivity contribution in [3.8, 4) is 11.6 Å². The van der Waals surface area contributed by atoms with Crippen molar-refractivity contribution < 1.29 is 59.7 Å². The number of sulfonamides is 1. The van der Waals surface area contributed by atoms with Crippen LogP contribution in [-0.2, 0) is 33.9 Å². The molecule has 4 heterocycles. The molecule has 2 aromatic rings. The van der Waals surface area contributed by atoms with Gasteiger partial charge in [0.05, 0.1) is 32.1 Å². The Morgan fingerprint density at radius 1 is 1.08 bits per heavy atom. The number of carbonyl (C=O) groups is 4. The molecule has 5 aliphatic rings. The minimum Gasteiger partial charge on any atom is -0.497 e. The highest BCUT2D eigenvalue weighted by molar-refractivity contribution is 7.91. The normalized spacial score (nSPS) is 29.8. The topological polar surface area (TPSA) is 195 Å². The molecule has 3 aliphatic heterocycles. The Kier molecular flexibility index (Phi) is 12.7. The van der Waals surface area contributed by atoms with Gasteiger partial charge in [0.2, 0.25) is 27.7 Å². The molecule has 20 heteroatoms. The largest absolute Gasteiger partial charge is 0.497 e. The number of halogens is 3. The van der Waals surface area contributed by atoms with Crippen molar-refractivity contribution in [1.82, 2.24) is 25.2 Å². The van der Waals surface area contributed by atoms with Crippen molar-refractivity contribution in [2.24, 2.45) is 17.8 Å². The predicted octanol–water partition coefficient (Wildman–Crippen LogP) is 3.97. The van der Waals surface area contributed by atoms with Crippen LogP contribution >= 0.6 is 0 Å². The van der Waals surface area contributed by atoms with Crippen molar-refractivity contribution >= 4 is 50.4 Å². The van der Waals surface area contributed by atoms with E-state index in [-0.39, 0.29) is 31.2 Å². The quantitative estimate of drug-likeness (QED) is 0.308. The molecule has 1 aromatic carbocycles. The summed E-state index contributed by atoms with van der Waals surface area (Å²) in [7, 11) is -2.45. The summed E-state index contributed by atoms with van der Waals surface area (Å²) in [6, 6.07) is 4.49. The lowest BCUT2D eigenvalue weighted by Gasteiger charge is -2.33. The van der Waals surface area contributed by atoms with Gasteiger partial charge in [0.15, 0.2) is 6.10 Å². The fourth-order valence-corrected chi connectivity index (χ4v) is 9.77. The number of hydrogen-bond acceptors (Lipinski definition) is 12. The average Bonchev–Trinajstić information content (AvgIpc) is 4.14. The molecule has 2 saturated heterocycles. The summed E-state index contributed by atoms with van der Waals surface area (Å²) in [5.41, 5.74) is -1.64. The number of fused-ring (bicyclic) bond motifs is 3. The zero-order valence-corrected chi connectivity index (χ0v) is 35.4. The number of carbonyl (C=O) groups excluding carboxylic acids is 4. The van der Waals surface area contributed by atoms with Gasteiger partial charge in [0.1, 0.15) is 35.3 Å². The lowest BCUT2D eigenvalue weighted by molar-refractivity contribution is -0.197. The first-order chi connectivity index (χ1) is 28.9. The Balaban J connectivity index is 1.24. The van der Waals surface area contributed by atoms with E-state index in [0.717, 1.165) is 5.39 Å². The maximum Gasteiger partial charge on any atom is 0.425 e. The summed E-state index contributed by atoms with van der Waals surface area (Å²) in [6.07, 6.45) is -3.69. The van der Waals surface area contributed by atoms with Crippen LogP contribution in [0.2, 0.25) is 0 Å². The molecule has 4 amide bonds. The van der Waals surface area contributed by atoms with Crippen molar-refractivity contribution in [2.45, 2.75) is 107 Å². The highest BCUT2D eigenvalue weighted by atomic mass is 32.2. The zero-order valence-electron chi connectivity index (χ0n) is 34.5. The molecule has 1 aromatic heterocycles. The molecule has 3 N–H and O–H groups in total. The monoisotopic (exact) mass is 878 g/mol. The molecule has 8 atom stereocenters. The summed E-state index contributed by atoms with van der Waals surface area (Å²) in [4.78, 5) is 64.5. The number of nitrogens with zero attached hydrogens (tertiary/aromatic N) is 3. The number of hydrogen-bond donors (Lipinski definition) is 3. The van der Waals surface area contributed by atoms with Crippen LogP contribution in [0.25, 0.3) is 10.8 Å². The van der Waals surface area contributed by atoms with Crippen LogP contribution < -0.4 is 29.7 Å². The van der Waals surface area contributed by atoms with Crippen LogP contribution in [0.15, 0.2) is 36.4 Å². The van der Waals surface area contributed by atoms with Crippen LogP contribution in [0.5, 0.6) is 11.6 Å². The number of benzene rings is 1. The van der Waals surface area contributed by atoms with Crippen LogP contribution in [0.1, 0.15) is 65.7 Å². The van der Waals surface area contributed by atoms with E-state index in [9.17, 15) is 40.8 Å². The number of anilines is 1. The lowest BCUT2D eigenvalue weighted by atomic mass is 9.88. The van der Waals surface area contributed by atoms with Gasteiger partial charge in [0, 0.05) is 30.8 Å². The Labute approximate surface area is 352 Å². The van der Waals surface area contributed by atoms with E-state index < -0.39 is 86.9 Å². The van der Waals surface area contributed by atoms with Gasteiger partial charge in [-0.05, 0) is 86.9 Å². The summed E-state index contributed by atoms with van der Waals surface area (Å²) >= 11 is 0. The minimum absolute atomic E-state index is 0.0372. The third kappa shape index (κ3) is 9.95. The second kappa shape index (κ2) is 17.5. The molecule has 7 rings (SSSR count). The Morgan fingerprint density at radius 3 is 2.51 bits per heavy atom. The molecule has 0 bridgehead atoms. The van der Waals surface area contributed by atoms with Gasteiger partial charge in [-0.3, -0.25) is 19.1 Å². The molecule has 4 fully saturated rings. The molecule has 2 saturated carbocycles. The van der Waals surface area contributed by atoms with Gasteiger partial charge in [-0.25, -0.2) is 13.2 Å². The Morgan fingerprint density at radius 2 is 1.82 bits per heavy atom. The van der Waals surface area contributed by atoms with Crippen LogP contribution in [0.3, 0.4) is 0 Å². The van der Waals surface area contributed by atoms with E-state index in [1.807, 2.05) is 30.0 Å². The van der Waals surface area contributed by atoms with E-state index >= 15 is 0 Å². The maximum atomic E-state index is 14.8. The number of amides is 4. The number of ether oxygens (including phenoxy) is 4. The van der Waals surface area contributed by atoms with E-state index in [0.29, 0.717) is 82.3 Å². The third-order valence-electron chi connectivity index (χ3n) is 12.2. The van der Waals surface area contributed by atoms with Crippen molar-refractivity contribution in [3.05, 3.63) is 36.4 Å². The highest BCUT2D eigenvalue weighted by Crippen LogP contribution is 2.46. The van der Waals surface area contributed by atoms with Gasteiger partial charge in [-0.1, -0.05) is 26.0 Å². The number of morpholine rings is 1. The second-order valence-corrected chi connectivity index (χ2v) is 18.9. The maximum absolute atomic E-state index is 14.8. The molecule has 61 heavy (non-hydrogen) atoms. The number of methoxy groups -OCH3 is 1. The fourth-order valence-electron chi connectivity index (χ4n) is 8.41. The summed E-state index contributed by atoms with van der Waals surface area (Å²) in [5, 5.41) is 5.84. The smallest absolute Gasteiger partial charge is 0.425 e. The first kappa shape index (κ1) is 44.2. The Bertz CT molecular complexity index is 2150. The average molecular weight is 879 g/mol. The van der Waals surface area contributed by atoms with Crippen molar-refractivity contribution in [3.63, 3.8) is 0 Å². The lowest BCUT2D eigenvalue weighted by Crippen LogP contribution is -2.59. The minimum atomic E-state index is -4.86. The molecule has 334 valence electrons. The first-order valence-corrected chi connectivity index (χ1v) is 22.3. The van der Waals surface area contributed by atoms with Gasteiger partial charge < -0.3 is 39.4 Å². The standard InChI is InChI=1S/C41H53F3N6O10S/c1-23-7-5-6-8-27-21-40(27,38(53)48-61(55,56)30-10-11-30)47-35(51)32-20-29(22-50(32)37(52)34(24(2)17-23)46-39(54)59-25(3)41(42,43)44)60-36-31-12-9-28(57-4)18-26(31)19-33(45-36)49-13-15-58-16-14-49/h6,8-9,12,18-19,23-25,27,29-30,32,34H,5,7,10-11,13-17,20-22H2,1-4H3,(H,46,54)(H,47,51)(H,48,53)/b8-6-/t23-,24+,25+,27+,29+,32-,34-,40+/m0/s1. The molecule has 16 nitrogen and oxygen atoms in total. The molecular formula is C41H53F3N6O10S. The fraction of sp³-hybridized carbons (Fsp3) is 0.634. The van der Waals surface area contributed by atoms with Crippen LogP contribution in [0.4, 0.5) is 23.8 Å². The molecule has 0 radical (unpaired) electrons. The number of nitrogens with one attached hydrogen (secondary N) is 3. The third-order valence-corrected chi connectivity index (χ3v) is 14.1. The molecular weight excluding hydrogens is 826 g/mol. The van der Waals surface area contributed by atoms with Gasteiger partial charge in [-0.2, -0.15) is 18.2 Å². The number of pyridine rings is 1. The zero-order chi connectivity index (χ0) is 43.9. The number of alkyl carbamates (subject to hydrolysis) is 1. The van der Waals surface area contributed by atoms with Crippen molar-refractivity contribution in [1.29, 1.82) is 0 Å². The highest BCUT2D eigenvalue weighted by Gasteiger charge is 2.62. The molecule has 0 unspecified atom stereocenters. The first-order valence-electron chi connectivity index (χ1n) is 20.8. The number of rotatable bonds is 9. The second-order valence-electron chi connectivity index (χ2n) is 16.9. The van der Waals surface area contributed by atoms with Gasteiger partial charge in [0.25, 0.3) is 5.91 Å². The summed E-state index contributed by atoms with van der Waals surface area (Å²) in [5.74, 6) is -2.26. The van der Waals surface area contributed by atoms with Crippen LogP contribution in [-0.4, -0.2) is 123 Å². The van der Waals surface area contributed by atoms with E-state index in [1.165, 1.54) is 4.90 Å². The van der Waals surface area contributed by atoms with Crippen molar-refractivity contribution in [2.75, 3.05) is 44.9 Å². The SMILES string of the molecule is COc1ccc2c(O[C@@H]3C[C@H]4C(=O)N[C@]5(C(=O)NS(=O)(=O)C6CC6)C[C@H]5/C=C\CC[C@H](C)C[C@@H](C)[C@H](NC(=O)O[C@H](C)C(F)(F)F)C(=O)N4C3)nc(N3CCOCC3)cc2c1. The summed E-state index contributed by atoms with van der Waals surface area (Å²) < 4.78 is 90.6. The predicted molar refractivity (Wildman–Crippen MR) is 215 cm³/mol. The molecule has 0 spiro atoms. The Hall–Kier alpha value is -4.85. The number of allylic oxidation sites excluding steroid dienone is 1. The molecule has 2 aliphatic carbocycles.